The van der Waals surface area contributed by atoms with E-state index in [4.69, 9.17) is 0 Å². The lowest BCUT2D eigenvalue weighted by Gasteiger charge is -2.32. The number of amides is 2. The van der Waals surface area contributed by atoms with Crippen LogP contribution in [0, 0.1) is 11.8 Å². The summed E-state index contributed by atoms with van der Waals surface area (Å²) in [6, 6.07) is 0. The van der Waals surface area contributed by atoms with Crippen LogP contribution >= 0.6 is 0 Å². The third-order valence-electron chi connectivity index (χ3n) is 5.76. The summed E-state index contributed by atoms with van der Waals surface area (Å²) in [6.45, 7) is 3.80. The third kappa shape index (κ3) is 3.64. The molecule has 0 unspecified atom stereocenters. The predicted molar refractivity (Wildman–Crippen MR) is 86.3 cm³/mol. The van der Waals surface area contributed by atoms with E-state index < -0.39 is 0 Å². The molecule has 4 nitrogen and oxygen atoms in total. The van der Waals surface area contributed by atoms with Crippen LogP contribution in [0.4, 0.5) is 0 Å². The first kappa shape index (κ1) is 15.8. The molecule has 2 aliphatic heterocycles. The van der Waals surface area contributed by atoms with Crippen molar-refractivity contribution in [2.45, 2.75) is 64.2 Å². The Balaban J connectivity index is 1.48. The molecule has 2 heterocycles. The SMILES string of the molecule is O=C(C1CCC(C(=O)N2CCCC2)CC1)N1CCCCCC1. The maximum Gasteiger partial charge on any atom is 0.225 e. The molecular formula is C18H30N2O2. The molecule has 2 saturated heterocycles. The molecule has 3 fully saturated rings. The maximum atomic E-state index is 12.7. The summed E-state index contributed by atoms with van der Waals surface area (Å²) in [6.07, 6.45) is 10.8. The second-order valence-corrected chi connectivity index (χ2v) is 7.32. The van der Waals surface area contributed by atoms with Gasteiger partial charge in [0.25, 0.3) is 0 Å². The van der Waals surface area contributed by atoms with Crippen molar-refractivity contribution in [3.05, 3.63) is 0 Å². The predicted octanol–water partition coefficient (Wildman–Crippen LogP) is 2.82. The normalized spacial score (nSPS) is 30.2. The zero-order chi connectivity index (χ0) is 15.4. The van der Waals surface area contributed by atoms with Crippen molar-refractivity contribution in [1.29, 1.82) is 0 Å². The molecule has 0 N–H and O–H groups in total. The van der Waals surface area contributed by atoms with E-state index in [0.29, 0.717) is 11.8 Å². The second kappa shape index (κ2) is 7.47. The monoisotopic (exact) mass is 306 g/mol. The third-order valence-corrected chi connectivity index (χ3v) is 5.76. The number of carbonyl (C=O) groups excluding carboxylic acids is 2. The van der Waals surface area contributed by atoms with Crippen molar-refractivity contribution >= 4 is 11.8 Å². The summed E-state index contributed by atoms with van der Waals surface area (Å²) >= 11 is 0. The minimum absolute atomic E-state index is 0.181. The summed E-state index contributed by atoms with van der Waals surface area (Å²) in [5, 5.41) is 0. The van der Waals surface area contributed by atoms with Gasteiger partial charge in [-0.3, -0.25) is 9.59 Å². The molecule has 3 rings (SSSR count). The zero-order valence-corrected chi connectivity index (χ0v) is 13.8. The van der Waals surface area contributed by atoms with Gasteiger partial charge in [0.2, 0.25) is 11.8 Å². The topological polar surface area (TPSA) is 40.6 Å². The molecule has 0 spiro atoms. The van der Waals surface area contributed by atoms with Gasteiger partial charge in [-0.2, -0.15) is 0 Å². The molecular weight excluding hydrogens is 276 g/mol. The van der Waals surface area contributed by atoms with E-state index in [1.54, 1.807) is 0 Å². The molecule has 0 radical (unpaired) electrons. The lowest BCUT2D eigenvalue weighted by molar-refractivity contribution is -0.140. The number of hydrogen-bond donors (Lipinski definition) is 0. The van der Waals surface area contributed by atoms with Crippen LogP contribution in [-0.4, -0.2) is 47.8 Å². The van der Waals surface area contributed by atoms with E-state index in [1.807, 2.05) is 4.90 Å². The summed E-state index contributed by atoms with van der Waals surface area (Å²) in [4.78, 5) is 29.3. The first-order valence-corrected chi connectivity index (χ1v) is 9.33. The fraction of sp³-hybridized carbons (Fsp3) is 0.889. The fourth-order valence-electron chi connectivity index (χ4n) is 4.33. The van der Waals surface area contributed by atoms with Gasteiger partial charge in [0.15, 0.2) is 0 Å². The Kier molecular flexibility index (Phi) is 5.37. The number of hydrogen-bond acceptors (Lipinski definition) is 2. The highest BCUT2D eigenvalue weighted by molar-refractivity contribution is 5.81. The average molecular weight is 306 g/mol. The summed E-state index contributed by atoms with van der Waals surface area (Å²) in [7, 11) is 0. The molecule has 1 saturated carbocycles. The Labute approximate surface area is 134 Å². The highest BCUT2D eigenvalue weighted by Crippen LogP contribution is 2.32. The molecule has 124 valence electrons. The smallest absolute Gasteiger partial charge is 0.225 e. The van der Waals surface area contributed by atoms with E-state index in [0.717, 1.165) is 77.5 Å². The highest BCUT2D eigenvalue weighted by atomic mass is 16.2. The Hall–Kier alpha value is -1.06. The van der Waals surface area contributed by atoms with Gasteiger partial charge in [0, 0.05) is 38.0 Å². The number of rotatable bonds is 2. The summed E-state index contributed by atoms with van der Waals surface area (Å²) < 4.78 is 0. The molecule has 1 aliphatic carbocycles. The lowest BCUT2D eigenvalue weighted by atomic mass is 9.80. The van der Waals surface area contributed by atoms with Gasteiger partial charge in [-0.25, -0.2) is 0 Å². The highest BCUT2D eigenvalue weighted by Gasteiger charge is 2.34. The van der Waals surface area contributed by atoms with Crippen molar-refractivity contribution in [3.8, 4) is 0 Å². The molecule has 0 aromatic heterocycles. The van der Waals surface area contributed by atoms with Crippen LogP contribution < -0.4 is 0 Å². The molecule has 0 bridgehead atoms. The maximum absolute atomic E-state index is 12.7. The van der Waals surface area contributed by atoms with Crippen LogP contribution in [0.5, 0.6) is 0 Å². The first-order valence-electron chi connectivity index (χ1n) is 9.33. The van der Waals surface area contributed by atoms with Crippen molar-refractivity contribution in [1.82, 2.24) is 9.80 Å². The van der Waals surface area contributed by atoms with Crippen molar-refractivity contribution in [3.63, 3.8) is 0 Å². The second-order valence-electron chi connectivity index (χ2n) is 7.32. The molecule has 0 aromatic rings. The van der Waals surface area contributed by atoms with Gasteiger partial charge in [-0.15, -0.1) is 0 Å². The van der Waals surface area contributed by atoms with E-state index >= 15 is 0 Å². The Morgan fingerprint density at radius 2 is 0.864 bits per heavy atom. The molecule has 2 amide bonds. The van der Waals surface area contributed by atoms with Crippen LogP contribution in [0.2, 0.25) is 0 Å². The van der Waals surface area contributed by atoms with Crippen LogP contribution in [0.3, 0.4) is 0 Å². The minimum Gasteiger partial charge on any atom is -0.342 e. The molecule has 22 heavy (non-hydrogen) atoms. The number of carbonyl (C=O) groups is 2. The standard InChI is InChI=1S/C18H30N2O2/c21-17(19-11-3-1-2-4-12-19)15-7-9-16(10-8-15)18(22)20-13-5-6-14-20/h15-16H,1-14H2. The molecule has 0 atom stereocenters. The van der Waals surface area contributed by atoms with E-state index in [2.05, 4.69) is 4.90 Å². The summed E-state index contributed by atoms with van der Waals surface area (Å²) in [5.41, 5.74) is 0. The Morgan fingerprint density at radius 3 is 1.23 bits per heavy atom. The molecule has 0 aromatic carbocycles. The van der Waals surface area contributed by atoms with Gasteiger partial charge >= 0.3 is 0 Å². The summed E-state index contributed by atoms with van der Waals surface area (Å²) in [5.74, 6) is 1.10. The van der Waals surface area contributed by atoms with Gasteiger partial charge in [-0.1, -0.05) is 12.8 Å². The van der Waals surface area contributed by atoms with E-state index in [9.17, 15) is 9.59 Å². The lowest BCUT2D eigenvalue weighted by Crippen LogP contribution is -2.40. The van der Waals surface area contributed by atoms with E-state index in [1.165, 1.54) is 12.8 Å². The largest absolute Gasteiger partial charge is 0.342 e. The zero-order valence-electron chi connectivity index (χ0n) is 13.8. The van der Waals surface area contributed by atoms with Crippen molar-refractivity contribution in [2.75, 3.05) is 26.2 Å². The minimum atomic E-state index is 0.181. The number of nitrogens with zero attached hydrogens (tertiary/aromatic N) is 2. The Bertz CT molecular complexity index is 388. The van der Waals surface area contributed by atoms with Crippen LogP contribution in [0.25, 0.3) is 0 Å². The average Bonchev–Trinajstić information content (AvgIpc) is 2.96. The van der Waals surface area contributed by atoms with Gasteiger partial charge in [0.1, 0.15) is 0 Å². The van der Waals surface area contributed by atoms with Crippen LogP contribution in [0.15, 0.2) is 0 Å². The molecule has 3 aliphatic rings. The van der Waals surface area contributed by atoms with Crippen molar-refractivity contribution < 1.29 is 9.59 Å². The van der Waals surface area contributed by atoms with E-state index in [-0.39, 0.29) is 11.8 Å². The fourth-order valence-corrected chi connectivity index (χ4v) is 4.33. The van der Waals surface area contributed by atoms with Crippen molar-refractivity contribution in [2.24, 2.45) is 11.8 Å². The Morgan fingerprint density at radius 1 is 0.545 bits per heavy atom. The van der Waals surface area contributed by atoms with Gasteiger partial charge in [-0.05, 0) is 51.4 Å². The van der Waals surface area contributed by atoms with Gasteiger partial charge in [0.05, 0.1) is 0 Å². The van der Waals surface area contributed by atoms with Gasteiger partial charge < -0.3 is 9.80 Å². The first-order chi connectivity index (χ1) is 10.8. The van der Waals surface area contributed by atoms with Crippen LogP contribution in [-0.2, 0) is 9.59 Å². The quantitative estimate of drug-likeness (QED) is 0.787. The molecule has 4 heteroatoms. The number of likely N-dealkylation sites (tertiary alicyclic amines) is 2. The van der Waals surface area contributed by atoms with Crippen LogP contribution in [0.1, 0.15) is 64.2 Å².